The molecule has 0 fully saturated rings. The molecule has 0 aliphatic carbocycles. The van der Waals surface area contributed by atoms with Gasteiger partial charge in [-0.25, -0.2) is 0 Å². The van der Waals surface area contributed by atoms with Crippen LogP contribution in [0.5, 0.6) is 0 Å². The number of nitrogens with zero attached hydrogens (tertiary/aromatic N) is 1. The molecule has 0 atom stereocenters. The summed E-state index contributed by atoms with van der Waals surface area (Å²) in [6.07, 6.45) is 7.31. The molecule has 1 heteroatoms. The third kappa shape index (κ3) is 9.15. The quantitative estimate of drug-likeness (QED) is 0.434. The molecule has 0 bridgehead atoms. The van der Waals surface area contributed by atoms with Crippen molar-refractivity contribution >= 4 is 6.21 Å². The Morgan fingerprint density at radius 1 is 1.27 bits per heavy atom. The van der Waals surface area contributed by atoms with Gasteiger partial charge in [-0.3, -0.25) is 4.99 Å². The number of allylic oxidation sites excluding steroid dienone is 3. The average molecular weight is 151 g/mol. The van der Waals surface area contributed by atoms with E-state index in [1.807, 2.05) is 18.4 Å². The predicted molar refractivity (Wildman–Crippen MR) is 52.2 cm³/mol. The molecule has 11 heavy (non-hydrogen) atoms. The monoisotopic (exact) mass is 151 g/mol. The van der Waals surface area contributed by atoms with Crippen molar-refractivity contribution in [1.29, 1.82) is 0 Å². The smallest absolute Gasteiger partial charge is 0.0437 e. The minimum absolute atomic E-state index is 0.290. The molecule has 0 N–H and O–H groups in total. The van der Waals surface area contributed by atoms with Gasteiger partial charge in [0.15, 0.2) is 0 Å². The first-order valence-corrected chi connectivity index (χ1v) is 3.84. The maximum Gasteiger partial charge on any atom is 0.0437 e. The first-order valence-electron chi connectivity index (χ1n) is 3.84. The van der Waals surface area contributed by atoms with E-state index in [1.54, 1.807) is 6.08 Å². The third-order valence-corrected chi connectivity index (χ3v) is 1.00. The zero-order chi connectivity index (χ0) is 8.74. The van der Waals surface area contributed by atoms with Gasteiger partial charge in [-0.15, -0.1) is 0 Å². The van der Waals surface area contributed by atoms with E-state index in [4.69, 9.17) is 0 Å². The molecule has 0 aliphatic heterocycles. The number of aliphatic imine (C=N–C) groups is 1. The topological polar surface area (TPSA) is 12.4 Å². The normalized spacial score (nSPS) is 13.0. The standard InChI is InChI=1S/C10H17N/c1-5-6-7-8-11-9-10(2,3)4/h5-8H,1,9H2,2-4H3/b7-6-,11-8?. The highest BCUT2D eigenvalue weighted by Gasteiger charge is 2.06. The summed E-state index contributed by atoms with van der Waals surface area (Å²) < 4.78 is 0. The fourth-order valence-corrected chi connectivity index (χ4v) is 0.516. The summed E-state index contributed by atoms with van der Waals surface area (Å²) in [5, 5.41) is 0. The number of hydrogen-bond acceptors (Lipinski definition) is 1. The molecule has 0 aliphatic rings. The lowest BCUT2D eigenvalue weighted by Crippen LogP contribution is -2.08. The van der Waals surface area contributed by atoms with Crippen LogP contribution in [0.3, 0.4) is 0 Å². The maximum atomic E-state index is 4.22. The van der Waals surface area contributed by atoms with Crippen molar-refractivity contribution in [2.24, 2.45) is 10.4 Å². The molecule has 0 spiro atoms. The second kappa shape index (κ2) is 4.89. The largest absolute Gasteiger partial charge is 0.293 e. The van der Waals surface area contributed by atoms with Crippen LogP contribution in [0.15, 0.2) is 29.8 Å². The second-order valence-corrected chi connectivity index (χ2v) is 3.67. The third-order valence-electron chi connectivity index (χ3n) is 1.00. The van der Waals surface area contributed by atoms with E-state index in [2.05, 4.69) is 32.3 Å². The fraction of sp³-hybridized carbons (Fsp3) is 0.500. The van der Waals surface area contributed by atoms with Crippen LogP contribution >= 0.6 is 0 Å². The van der Waals surface area contributed by atoms with E-state index in [0.29, 0.717) is 5.41 Å². The molecule has 0 heterocycles. The van der Waals surface area contributed by atoms with Crippen LogP contribution in [-0.2, 0) is 0 Å². The van der Waals surface area contributed by atoms with Gasteiger partial charge in [0.1, 0.15) is 0 Å². The molecule has 0 aromatic rings. The van der Waals surface area contributed by atoms with Gasteiger partial charge in [-0.05, 0) is 11.5 Å². The zero-order valence-corrected chi connectivity index (χ0v) is 7.67. The summed E-state index contributed by atoms with van der Waals surface area (Å²) in [4.78, 5) is 4.22. The first-order chi connectivity index (χ1) is 5.06. The van der Waals surface area contributed by atoms with Crippen molar-refractivity contribution in [2.45, 2.75) is 20.8 Å². The van der Waals surface area contributed by atoms with Crippen molar-refractivity contribution < 1.29 is 0 Å². The predicted octanol–water partition coefficient (Wildman–Crippen LogP) is 2.85. The molecule has 62 valence electrons. The van der Waals surface area contributed by atoms with Crippen LogP contribution in [-0.4, -0.2) is 12.8 Å². The fourth-order valence-electron chi connectivity index (χ4n) is 0.516. The lowest BCUT2D eigenvalue weighted by Gasteiger charge is -2.13. The Labute approximate surface area is 69.5 Å². The van der Waals surface area contributed by atoms with Gasteiger partial charge in [0.25, 0.3) is 0 Å². The van der Waals surface area contributed by atoms with Gasteiger partial charge >= 0.3 is 0 Å². The number of hydrogen-bond donors (Lipinski definition) is 0. The van der Waals surface area contributed by atoms with E-state index in [1.165, 1.54) is 0 Å². The van der Waals surface area contributed by atoms with E-state index in [9.17, 15) is 0 Å². The molecule has 0 saturated carbocycles. The molecule has 0 unspecified atom stereocenters. The molecule has 0 aromatic heterocycles. The molecular weight excluding hydrogens is 134 g/mol. The summed E-state index contributed by atoms with van der Waals surface area (Å²) in [6.45, 7) is 10.9. The summed E-state index contributed by atoms with van der Waals surface area (Å²) in [6, 6.07) is 0. The van der Waals surface area contributed by atoms with E-state index in [-0.39, 0.29) is 0 Å². The molecule has 0 amide bonds. The van der Waals surface area contributed by atoms with Gasteiger partial charge in [0.2, 0.25) is 0 Å². The van der Waals surface area contributed by atoms with Crippen molar-refractivity contribution in [3.05, 3.63) is 24.8 Å². The Morgan fingerprint density at radius 2 is 1.91 bits per heavy atom. The first kappa shape index (κ1) is 10.2. The van der Waals surface area contributed by atoms with Gasteiger partial charge < -0.3 is 0 Å². The van der Waals surface area contributed by atoms with Gasteiger partial charge in [0.05, 0.1) is 0 Å². The maximum absolute atomic E-state index is 4.22. The minimum Gasteiger partial charge on any atom is -0.293 e. The highest BCUT2D eigenvalue weighted by Crippen LogP contribution is 2.11. The zero-order valence-electron chi connectivity index (χ0n) is 7.67. The molecule has 0 rings (SSSR count). The van der Waals surface area contributed by atoms with Crippen LogP contribution in [0, 0.1) is 5.41 Å². The van der Waals surface area contributed by atoms with Gasteiger partial charge in [-0.2, -0.15) is 0 Å². The molecule has 0 aromatic carbocycles. The van der Waals surface area contributed by atoms with Crippen LogP contribution in [0.2, 0.25) is 0 Å². The Hall–Kier alpha value is -0.850. The van der Waals surface area contributed by atoms with Crippen molar-refractivity contribution in [2.75, 3.05) is 6.54 Å². The number of rotatable bonds is 3. The Bertz CT molecular complexity index is 158. The van der Waals surface area contributed by atoms with E-state index < -0.39 is 0 Å². The summed E-state index contributed by atoms with van der Waals surface area (Å²) in [7, 11) is 0. The summed E-state index contributed by atoms with van der Waals surface area (Å²) in [5.41, 5.74) is 0.290. The lowest BCUT2D eigenvalue weighted by molar-refractivity contribution is 0.430. The average Bonchev–Trinajstić information content (AvgIpc) is 1.85. The Morgan fingerprint density at radius 3 is 2.36 bits per heavy atom. The van der Waals surface area contributed by atoms with Crippen LogP contribution in [0.1, 0.15) is 20.8 Å². The summed E-state index contributed by atoms with van der Waals surface area (Å²) >= 11 is 0. The van der Waals surface area contributed by atoms with Crippen LogP contribution < -0.4 is 0 Å². The van der Waals surface area contributed by atoms with Crippen LogP contribution in [0.25, 0.3) is 0 Å². The highest BCUT2D eigenvalue weighted by molar-refractivity contribution is 5.71. The van der Waals surface area contributed by atoms with Crippen molar-refractivity contribution in [3.8, 4) is 0 Å². The molecule has 0 saturated heterocycles. The SMILES string of the molecule is C=C/C=C\C=NCC(C)(C)C. The minimum atomic E-state index is 0.290. The van der Waals surface area contributed by atoms with E-state index in [0.717, 1.165) is 6.54 Å². The Kier molecular flexibility index (Phi) is 4.51. The molecule has 1 nitrogen and oxygen atoms in total. The Balaban J connectivity index is 3.61. The molecule has 0 radical (unpaired) electrons. The second-order valence-electron chi connectivity index (χ2n) is 3.67. The van der Waals surface area contributed by atoms with Gasteiger partial charge in [-0.1, -0.05) is 39.5 Å². The summed E-state index contributed by atoms with van der Waals surface area (Å²) in [5.74, 6) is 0. The van der Waals surface area contributed by atoms with Crippen molar-refractivity contribution in [1.82, 2.24) is 0 Å². The van der Waals surface area contributed by atoms with Gasteiger partial charge in [0, 0.05) is 12.8 Å². The lowest BCUT2D eigenvalue weighted by atomic mass is 9.97. The van der Waals surface area contributed by atoms with Crippen molar-refractivity contribution in [3.63, 3.8) is 0 Å². The highest BCUT2D eigenvalue weighted by atomic mass is 14.7. The van der Waals surface area contributed by atoms with E-state index >= 15 is 0 Å². The van der Waals surface area contributed by atoms with Crippen LogP contribution in [0.4, 0.5) is 0 Å². The molecular formula is C10H17N.